The Labute approximate surface area is 59.9 Å². The van der Waals surface area contributed by atoms with Crippen LogP contribution in [0.25, 0.3) is 0 Å². The molecule has 0 fully saturated rings. The highest BCUT2D eigenvalue weighted by molar-refractivity contribution is 4.97. The molecule has 0 aromatic heterocycles. The summed E-state index contributed by atoms with van der Waals surface area (Å²) >= 11 is 0. The van der Waals surface area contributed by atoms with Crippen molar-refractivity contribution in [2.45, 2.75) is 12.2 Å². The van der Waals surface area contributed by atoms with Crippen LogP contribution in [0.3, 0.4) is 0 Å². The van der Waals surface area contributed by atoms with Crippen LogP contribution >= 0.6 is 0 Å². The second-order valence-electron chi connectivity index (χ2n) is 1.83. The normalized spacial score (nSPS) is 17.1. The van der Waals surface area contributed by atoms with Gasteiger partial charge in [-0.15, -0.1) is 6.58 Å². The molecule has 0 aliphatic heterocycles. The minimum absolute atomic E-state index is 0.138. The van der Waals surface area contributed by atoms with Crippen LogP contribution in [0.15, 0.2) is 24.8 Å². The predicted octanol–water partition coefficient (Wildman–Crippen LogP) is -0.557. The van der Waals surface area contributed by atoms with E-state index in [2.05, 4.69) is 6.58 Å². The van der Waals surface area contributed by atoms with Crippen molar-refractivity contribution in [2.75, 3.05) is 6.61 Å². The van der Waals surface area contributed by atoms with Gasteiger partial charge in [-0.2, -0.15) is 0 Å². The Morgan fingerprint density at radius 3 is 2.30 bits per heavy atom. The Balaban J connectivity index is 3.70. The van der Waals surface area contributed by atoms with E-state index in [1.807, 2.05) is 0 Å². The van der Waals surface area contributed by atoms with Gasteiger partial charge in [0.25, 0.3) is 0 Å². The molecule has 3 nitrogen and oxygen atoms in total. The van der Waals surface area contributed by atoms with Crippen LogP contribution in [0, 0.1) is 0 Å². The number of hydrogen-bond donors (Lipinski definition) is 3. The lowest BCUT2D eigenvalue weighted by Crippen LogP contribution is -2.20. The molecule has 0 heterocycles. The molecule has 2 atom stereocenters. The third kappa shape index (κ3) is 3.40. The van der Waals surface area contributed by atoms with Crippen molar-refractivity contribution in [3.05, 3.63) is 24.8 Å². The average molecular weight is 144 g/mol. The topological polar surface area (TPSA) is 60.7 Å². The summed E-state index contributed by atoms with van der Waals surface area (Å²) in [6, 6.07) is 0. The fraction of sp³-hybridized carbons (Fsp3) is 0.429. The van der Waals surface area contributed by atoms with Crippen LogP contribution in [0.1, 0.15) is 0 Å². The van der Waals surface area contributed by atoms with Crippen molar-refractivity contribution < 1.29 is 15.3 Å². The van der Waals surface area contributed by atoms with Crippen molar-refractivity contribution in [2.24, 2.45) is 0 Å². The molecule has 10 heavy (non-hydrogen) atoms. The zero-order valence-corrected chi connectivity index (χ0v) is 5.64. The molecular weight excluding hydrogens is 132 g/mol. The van der Waals surface area contributed by atoms with Crippen LogP contribution in [-0.4, -0.2) is 34.1 Å². The summed E-state index contributed by atoms with van der Waals surface area (Å²) in [5.41, 5.74) is 0. The molecule has 0 unspecified atom stereocenters. The lowest BCUT2D eigenvalue weighted by Gasteiger charge is -2.08. The van der Waals surface area contributed by atoms with Crippen molar-refractivity contribution in [1.29, 1.82) is 0 Å². The molecule has 0 spiro atoms. The van der Waals surface area contributed by atoms with Crippen molar-refractivity contribution in [1.82, 2.24) is 0 Å². The molecule has 0 aromatic rings. The molecule has 0 aliphatic carbocycles. The van der Waals surface area contributed by atoms with Gasteiger partial charge in [-0.25, -0.2) is 0 Å². The van der Waals surface area contributed by atoms with E-state index in [-0.39, 0.29) is 6.61 Å². The largest absolute Gasteiger partial charge is 0.392 e. The maximum atomic E-state index is 8.93. The van der Waals surface area contributed by atoms with Gasteiger partial charge in [0.2, 0.25) is 0 Å². The molecule has 0 rings (SSSR count). The summed E-state index contributed by atoms with van der Waals surface area (Å²) in [5, 5.41) is 26.0. The summed E-state index contributed by atoms with van der Waals surface area (Å²) in [5.74, 6) is 0. The van der Waals surface area contributed by atoms with Gasteiger partial charge in [0.05, 0.1) is 6.61 Å². The lowest BCUT2D eigenvalue weighted by molar-refractivity contribution is 0.0806. The first-order valence-electron chi connectivity index (χ1n) is 2.98. The average Bonchev–Trinajstić information content (AvgIpc) is 1.98. The predicted molar refractivity (Wildman–Crippen MR) is 38.4 cm³/mol. The Morgan fingerprint density at radius 2 is 1.90 bits per heavy atom. The Morgan fingerprint density at radius 1 is 1.30 bits per heavy atom. The highest BCUT2D eigenvalue weighted by Crippen LogP contribution is 1.95. The molecule has 0 aliphatic rings. The van der Waals surface area contributed by atoms with Gasteiger partial charge in [0, 0.05) is 0 Å². The van der Waals surface area contributed by atoms with Gasteiger partial charge in [0.1, 0.15) is 12.2 Å². The smallest absolute Gasteiger partial charge is 0.102 e. The molecule has 0 saturated heterocycles. The fourth-order valence-electron chi connectivity index (χ4n) is 0.454. The summed E-state index contributed by atoms with van der Waals surface area (Å²) < 4.78 is 0. The molecule has 0 bridgehead atoms. The molecule has 0 aromatic carbocycles. The lowest BCUT2D eigenvalue weighted by atomic mass is 10.2. The first-order chi connectivity index (χ1) is 4.72. The van der Waals surface area contributed by atoms with Crippen molar-refractivity contribution >= 4 is 0 Å². The number of aliphatic hydroxyl groups is 3. The number of aliphatic hydroxyl groups excluding tert-OH is 3. The van der Waals surface area contributed by atoms with Gasteiger partial charge in [-0.3, -0.25) is 0 Å². The SMILES string of the molecule is C=C[C@H](O)[C@H](O)/C=C/CO. The summed E-state index contributed by atoms with van der Waals surface area (Å²) in [6.07, 6.45) is 1.98. The summed E-state index contributed by atoms with van der Waals surface area (Å²) in [4.78, 5) is 0. The van der Waals surface area contributed by atoms with E-state index in [0.29, 0.717) is 0 Å². The Kier molecular flexibility index (Phi) is 4.84. The summed E-state index contributed by atoms with van der Waals surface area (Å²) in [7, 11) is 0. The molecule has 0 radical (unpaired) electrons. The van der Waals surface area contributed by atoms with Gasteiger partial charge in [-0.05, 0) is 0 Å². The monoisotopic (exact) mass is 144 g/mol. The quantitative estimate of drug-likeness (QED) is 0.464. The standard InChI is InChI=1S/C7H12O3/c1-2-6(9)7(10)4-3-5-8/h2-4,6-10H,1,5H2/b4-3+/t6-,7+/m0/s1. The van der Waals surface area contributed by atoms with E-state index < -0.39 is 12.2 Å². The number of hydrogen-bond acceptors (Lipinski definition) is 3. The molecular formula is C7H12O3. The second kappa shape index (κ2) is 5.17. The zero-order chi connectivity index (χ0) is 7.98. The molecule has 0 amide bonds. The van der Waals surface area contributed by atoms with E-state index in [1.165, 1.54) is 18.2 Å². The highest BCUT2D eigenvalue weighted by atomic mass is 16.3. The van der Waals surface area contributed by atoms with Crippen LogP contribution in [0.5, 0.6) is 0 Å². The third-order valence-corrected chi connectivity index (χ3v) is 1.03. The van der Waals surface area contributed by atoms with E-state index in [1.54, 1.807) is 0 Å². The maximum absolute atomic E-state index is 8.93. The molecule has 58 valence electrons. The van der Waals surface area contributed by atoms with E-state index in [4.69, 9.17) is 15.3 Å². The van der Waals surface area contributed by atoms with Crippen LogP contribution in [0.2, 0.25) is 0 Å². The zero-order valence-electron chi connectivity index (χ0n) is 5.64. The maximum Gasteiger partial charge on any atom is 0.102 e. The summed E-state index contributed by atoms with van der Waals surface area (Å²) in [6.45, 7) is 3.15. The van der Waals surface area contributed by atoms with E-state index in [0.717, 1.165) is 0 Å². The van der Waals surface area contributed by atoms with E-state index in [9.17, 15) is 0 Å². The van der Waals surface area contributed by atoms with Gasteiger partial charge >= 0.3 is 0 Å². The van der Waals surface area contributed by atoms with Crippen LogP contribution < -0.4 is 0 Å². The molecule has 3 heteroatoms. The Bertz CT molecular complexity index is 120. The van der Waals surface area contributed by atoms with Gasteiger partial charge in [0.15, 0.2) is 0 Å². The van der Waals surface area contributed by atoms with E-state index >= 15 is 0 Å². The third-order valence-electron chi connectivity index (χ3n) is 1.03. The first-order valence-corrected chi connectivity index (χ1v) is 2.98. The molecule has 3 N–H and O–H groups in total. The molecule has 0 saturated carbocycles. The van der Waals surface area contributed by atoms with Crippen LogP contribution in [-0.2, 0) is 0 Å². The minimum Gasteiger partial charge on any atom is -0.392 e. The Hall–Kier alpha value is -0.640. The van der Waals surface area contributed by atoms with Gasteiger partial charge < -0.3 is 15.3 Å². The minimum atomic E-state index is -0.968. The first kappa shape index (κ1) is 9.36. The number of rotatable bonds is 4. The van der Waals surface area contributed by atoms with Crippen molar-refractivity contribution in [3.8, 4) is 0 Å². The second-order valence-corrected chi connectivity index (χ2v) is 1.83. The fourth-order valence-corrected chi connectivity index (χ4v) is 0.454. The van der Waals surface area contributed by atoms with Gasteiger partial charge in [-0.1, -0.05) is 18.2 Å². The van der Waals surface area contributed by atoms with Crippen LogP contribution in [0.4, 0.5) is 0 Å². The van der Waals surface area contributed by atoms with Crippen molar-refractivity contribution in [3.63, 3.8) is 0 Å². The highest BCUT2D eigenvalue weighted by Gasteiger charge is 2.06.